The monoisotopic (exact) mass is 339 g/mol. The minimum Gasteiger partial charge on any atom is -0.368 e. The fraction of sp³-hybridized carbons (Fsp3) is 0.765. The largest absolute Gasteiger partial charge is 0.368 e. The molecule has 2 aliphatic rings. The topological polar surface area (TPSA) is 47.4 Å². The Bertz CT molecular complexity index is 566. The zero-order chi connectivity index (χ0) is 16.4. The molecule has 5 nitrogen and oxygen atoms in total. The van der Waals surface area contributed by atoms with E-state index in [4.69, 9.17) is 16.3 Å². The van der Waals surface area contributed by atoms with Gasteiger partial charge in [-0.2, -0.15) is 5.10 Å². The number of ether oxygens (including phenoxy) is 1. The summed E-state index contributed by atoms with van der Waals surface area (Å²) in [6.45, 7) is 2.93. The summed E-state index contributed by atoms with van der Waals surface area (Å²) in [5.41, 5.74) is 1.91. The number of hydrogen-bond donors (Lipinski definition) is 0. The Morgan fingerprint density at radius 1 is 1.26 bits per heavy atom. The van der Waals surface area contributed by atoms with E-state index in [2.05, 4.69) is 5.10 Å². The molecule has 1 atom stereocenters. The van der Waals surface area contributed by atoms with Gasteiger partial charge >= 0.3 is 0 Å². The second kappa shape index (κ2) is 7.22. The Kier molecular flexibility index (Phi) is 5.27. The van der Waals surface area contributed by atoms with E-state index < -0.39 is 0 Å². The van der Waals surface area contributed by atoms with E-state index >= 15 is 0 Å². The van der Waals surface area contributed by atoms with Crippen LogP contribution < -0.4 is 0 Å². The highest BCUT2D eigenvalue weighted by Gasteiger charge is 2.34. The average molecular weight is 340 g/mol. The Morgan fingerprint density at radius 3 is 2.65 bits per heavy atom. The number of halogens is 1. The predicted molar refractivity (Wildman–Crippen MR) is 89.5 cm³/mol. The summed E-state index contributed by atoms with van der Waals surface area (Å²) in [5, 5.41) is 5.02. The molecule has 1 saturated carbocycles. The van der Waals surface area contributed by atoms with Crippen LogP contribution in [-0.2, 0) is 16.6 Å². The van der Waals surface area contributed by atoms with Gasteiger partial charge < -0.3 is 9.64 Å². The van der Waals surface area contributed by atoms with Crippen molar-refractivity contribution < 1.29 is 9.53 Å². The van der Waals surface area contributed by atoms with E-state index in [1.807, 2.05) is 18.9 Å². The zero-order valence-corrected chi connectivity index (χ0v) is 14.8. The first-order valence-corrected chi connectivity index (χ1v) is 9.05. The minimum atomic E-state index is 0.0404. The lowest BCUT2D eigenvalue weighted by Gasteiger charge is -2.27. The van der Waals surface area contributed by atoms with Crippen LogP contribution in [0.25, 0.3) is 0 Å². The summed E-state index contributed by atoms with van der Waals surface area (Å²) in [4.78, 5) is 14.6. The third kappa shape index (κ3) is 3.56. The number of carbonyl (C=O) groups excluding carboxylic acids is 1. The maximum Gasteiger partial charge on any atom is 0.249 e. The molecular weight excluding hydrogens is 314 g/mol. The molecular formula is C17H26ClN3O2. The highest BCUT2D eigenvalue weighted by atomic mass is 35.5. The first-order valence-electron chi connectivity index (χ1n) is 8.68. The second-order valence-electron chi connectivity index (χ2n) is 6.73. The second-order valence-corrected chi connectivity index (χ2v) is 7.09. The van der Waals surface area contributed by atoms with Gasteiger partial charge in [0.1, 0.15) is 11.8 Å². The highest BCUT2D eigenvalue weighted by Crippen LogP contribution is 2.37. The van der Waals surface area contributed by atoms with Gasteiger partial charge in [0.25, 0.3) is 0 Å². The molecule has 0 bridgehead atoms. The van der Waals surface area contributed by atoms with Crippen molar-refractivity contribution in [2.75, 3.05) is 13.2 Å². The standard InChI is InChI=1S/C17H26ClN3O2/c1-12-16(17(18)20(2)19-12)14-9-6-10-21(14)15(22)11-23-13-7-4-3-5-8-13/h13-14H,3-11H2,1-2H3. The molecule has 128 valence electrons. The summed E-state index contributed by atoms with van der Waals surface area (Å²) in [7, 11) is 1.84. The van der Waals surface area contributed by atoms with E-state index in [1.54, 1.807) is 4.68 Å². The zero-order valence-electron chi connectivity index (χ0n) is 14.1. The van der Waals surface area contributed by atoms with Crippen LogP contribution in [0.4, 0.5) is 0 Å². The van der Waals surface area contributed by atoms with Crippen molar-refractivity contribution in [3.63, 3.8) is 0 Å². The van der Waals surface area contributed by atoms with E-state index in [0.29, 0.717) is 5.15 Å². The Hall–Kier alpha value is -1.07. The molecule has 1 amide bonds. The van der Waals surface area contributed by atoms with Gasteiger partial charge in [-0.3, -0.25) is 9.48 Å². The molecule has 1 saturated heterocycles. The maximum atomic E-state index is 12.6. The van der Waals surface area contributed by atoms with Crippen molar-refractivity contribution in [1.29, 1.82) is 0 Å². The number of rotatable bonds is 4. The summed E-state index contributed by atoms with van der Waals surface area (Å²) in [5.74, 6) is 0.0809. The first-order chi connectivity index (χ1) is 11.1. The van der Waals surface area contributed by atoms with Crippen molar-refractivity contribution in [3.05, 3.63) is 16.4 Å². The normalized spacial score (nSPS) is 22.7. The van der Waals surface area contributed by atoms with Gasteiger partial charge in [-0.15, -0.1) is 0 Å². The lowest BCUT2D eigenvalue weighted by atomic mass is 9.98. The van der Waals surface area contributed by atoms with Gasteiger partial charge in [-0.05, 0) is 32.6 Å². The third-order valence-electron chi connectivity index (χ3n) is 5.10. The van der Waals surface area contributed by atoms with Gasteiger partial charge in [-0.1, -0.05) is 30.9 Å². The van der Waals surface area contributed by atoms with Crippen LogP contribution in [0.15, 0.2) is 0 Å². The Morgan fingerprint density at radius 2 is 2.00 bits per heavy atom. The van der Waals surface area contributed by atoms with E-state index in [9.17, 15) is 4.79 Å². The van der Waals surface area contributed by atoms with E-state index in [1.165, 1.54) is 19.3 Å². The van der Waals surface area contributed by atoms with Crippen LogP contribution in [0.5, 0.6) is 0 Å². The van der Waals surface area contributed by atoms with Crippen molar-refractivity contribution in [2.24, 2.45) is 7.05 Å². The molecule has 1 aromatic rings. The van der Waals surface area contributed by atoms with Crippen LogP contribution in [0.2, 0.25) is 5.15 Å². The maximum absolute atomic E-state index is 12.6. The molecule has 6 heteroatoms. The number of amides is 1. The first kappa shape index (κ1) is 16.8. The molecule has 3 rings (SSSR count). The molecule has 2 heterocycles. The van der Waals surface area contributed by atoms with Crippen molar-refractivity contribution >= 4 is 17.5 Å². The number of aromatic nitrogens is 2. The van der Waals surface area contributed by atoms with Gasteiger partial charge in [0.2, 0.25) is 5.91 Å². The van der Waals surface area contributed by atoms with E-state index in [-0.39, 0.29) is 24.7 Å². The van der Waals surface area contributed by atoms with Gasteiger partial charge in [-0.25, -0.2) is 0 Å². The smallest absolute Gasteiger partial charge is 0.249 e. The average Bonchev–Trinajstić information content (AvgIpc) is 3.11. The Balaban J connectivity index is 1.65. The molecule has 1 aromatic heterocycles. The van der Waals surface area contributed by atoms with Crippen molar-refractivity contribution in [2.45, 2.75) is 64.0 Å². The number of likely N-dealkylation sites (tertiary alicyclic amines) is 1. The number of aryl methyl sites for hydroxylation is 2. The van der Waals surface area contributed by atoms with Gasteiger partial charge in [0.05, 0.1) is 17.8 Å². The molecule has 0 N–H and O–H groups in total. The summed E-state index contributed by atoms with van der Waals surface area (Å²) in [6, 6.07) is 0.0404. The predicted octanol–water partition coefficient (Wildman–Crippen LogP) is 3.39. The van der Waals surface area contributed by atoms with Gasteiger partial charge in [0.15, 0.2) is 0 Å². The number of nitrogens with zero attached hydrogens (tertiary/aromatic N) is 3. The fourth-order valence-corrected chi connectivity index (χ4v) is 4.19. The lowest BCUT2D eigenvalue weighted by Crippen LogP contribution is -2.35. The molecule has 1 aliphatic heterocycles. The van der Waals surface area contributed by atoms with Crippen molar-refractivity contribution in [3.8, 4) is 0 Å². The van der Waals surface area contributed by atoms with Crippen molar-refractivity contribution in [1.82, 2.24) is 14.7 Å². The molecule has 0 aromatic carbocycles. The van der Waals surface area contributed by atoms with Crippen LogP contribution in [0, 0.1) is 6.92 Å². The molecule has 0 spiro atoms. The fourth-order valence-electron chi connectivity index (χ4n) is 3.89. The summed E-state index contributed by atoms with van der Waals surface area (Å²) < 4.78 is 7.55. The molecule has 23 heavy (non-hydrogen) atoms. The minimum absolute atomic E-state index is 0.0404. The summed E-state index contributed by atoms with van der Waals surface area (Å²) >= 11 is 6.39. The van der Waals surface area contributed by atoms with Crippen LogP contribution in [0.3, 0.4) is 0 Å². The SMILES string of the molecule is Cc1nn(C)c(Cl)c1C1CCCN1C(=O)COC1CCCCC1. The number of carbonyl (C=O) groups is 1. The Labute approximate surface area is 142 Å². The third-order valence-corrected chi connectivity index (χ3v) is 5.55. The molecule has 1 unspecified atom stereocenters. The highest BCUT2D eigenvalue weighted by molar-refractivity contribution is 6.30. The van der Waals surface area contributed by atoms with Gasteiger partial charge in [0, 0.05) is 19.2 Å². The van der Waals surface area contributed by atoms with Crippen LogP contribution in [-0.4, -0.2) is 39.8 Å². The summed E-state index contributed by atoms with van der Waals surface area (Å²) in [6.07, 6.45) is 8.12. The molecule has 2 fully saturated rings. The molecule has 1 aliphatic carbocycles. The number of hydrogen-bond acceptors (Lipinski definition) is 3. The van der Waals surface area contributed by atoms with E-state index in [0.717, 1.165) is 43.5 Å². The van der Waals surface area contributed by atoms with Crippen LogP contribution >= 0.6 is 11.6 Å². The van der Waals surface area contributed by atoms with Crippen LogP contribution in [0.1, 0.15) is 62.2 Å². The lowest BCUT2D eigenvalue weighted by molar-refractivity contribution is -0.139. The molecule has 0 radical (unpaired) electrons. The quantitative estimate of drug-likeness (QED) is 0.844.